The molecule has 2 aromatic heterocycles. The number of benzene rings is 1. The Labute approximate surface area is 157 Å². The van der Waals surface area contributed by atoms with Crippen molar-refractivity contribution in [1.82, 2.24) is 14.0 Å². The summed E-state index contributed by atoms with van der Waals surface area (Å²) in [6.07, 6.45) is 0. The molecular formula is C19H23N3O3S. The van der Waals surface area contributed by atoms with Crippen LogP contribution in [0.2, 0.25) is 0 Å². The van der Waals surface area contributed by atoms with Gasteiger partial charge in [-0.3, -0.25) is 4.90 Å². The molecule has 3 aromatic rings. The van der Waals surface area contributed by atoms with Crippen LogP contribution < -0.4 is 0 Å². The van der Waals surface area contributed by atoms with Gasteiger partial charge in [-0.05, 0) is 51.3 Å². The maximum atomic E-state index is 11.7. The predicted molar refractivity (Wildman–Crippen MR) is 103 cm³/mol. The van der Waals surface area contributed by atoms with E-state index in [-0.39, 0.29) is 5.97 Å². The molecule has 0 unspecified atom stereocenters. The molecule has 0 aliphatic rings. The van der Waals surface area contributed by atoms with Crippen LogP contribution in [0.1, 0.15) is 28.8 Å². The minimum atomic E-state index is -0.381. The molecule has 2 heterocycles. The highest BCUT2D eigenvalue weighted by molar-refractivity contribution is 7.71. The average molecular weight is 373 g/mol. The molecule has 0 fully saturated rings. The van der Waals surface area contributed by atoms with Crippen molar-refractivity contribution in [2.75, 3.05) is 14.2 Å². The number of rotatable bonds is 6. The van der Waals surface area contributed by atoms with Gasteiger partial charge in [0.05, 0.1) is 31.4 Å². The van der Waals surface area contributed by atoms with Gasteiger partial charge in [0.1, 0.15) is 17.1 Å². The number of aromatic nitrogens is 2. The van der Waals surface area contributed by atoms with E-state index < -0.39 is 0 Å². The zero-order chi connectivity index (χ0) is 18.8. The van der Waals surface area contributed by atoms with Gasteiger partial charge in [-0.25, -0.2) is 4.79 Å². The maximum absolute atomic E-state index is 11.7. The van der Waals surface area contributed by atoms with Crippen LogP contribution >= 0.6 is 12.2 Å². The first-order valence-corrected chi connectivity index (χ1v) is 8.91. The number of nitrogens with zero attached hydrogens (tertiary/aromatic N) is 3. The van der Waals surface area contributed by atoms with Gasteiger partial charge in [0.25, 0.3) is 0 Å². The van der Waals surface area contributed by atoms with Gasteiger partial charge in [-0.2, -0.15) is 0 Å². The number of ether oxygens (including phenoxy) is 1. The Balaban J connectivity index is 1.84. The Bertz CT molecular complexity index is 999. The standard InChI is InChI=1S/C19H23N3O3S/c1-5-21-16-8-6-7-9-17(16)22(19(21)26)12-20(3)11-14-10-15(13(2)25-14)18(23)24-4/h6-10H,5,11-12H2,1-4H3. The molecule has 0 radical (unpaired) electrons. The summed E-state index contributed by atoms with van der Waals surface area (Å²) in [6, 6.07) is 9.96. The van der Waals surface area contributed by atoms with E-state index in [0.29, 0.717) is 24.5 Å². The zero-order valence-electron chi connectivity index (χ0n) is 15.5. The van der Waals surface area contributed by atoms with Gasteiger partial charge >= 0.3 is 5.97 Å². The smallest absolute Gasteiger partial charge is 0.341 e. The van der Waals surface area contributed by atoms with Gasteiger partial charge in [0, 0.05) is 6.54 Å². The summed E-state index contributed by atoms with van der Waals surface area (Å²) < 4.78 is 15.5. The fourth-order valence-electron chi connectivity index (χ4n) is 3.21. The Morgan fingerprint density at radius 2 is 1.92 bits per heavy atom. The summed E-state index contributed by atoms with van der Waals surface area (Å²) in [5.41, 5.74) is 2.71. The molecule has 0 spiro atoms. The second-order valence-electron chi connectivity index (χ2n) is 6.27. The Morgan fingerprint density at radius 3 is 2.54 bits per heavy atom. The third kappa shape index (κ3) is 3.32. The van der Waals surface area contributed by atoms with Crippen molar-refractivity contribution in [2.45, 2.75) is 33.6 Å². The number of hydrogen-bond acceptors (Lipinski definition) is 5. The molecule has 0 aliphatic heterocycles. The third-order valence-corrected chi connectivity index (χ3v) is 4.86. The molecule has 0 amide bonds. The van der Waals surface area contributed by atoms with Crippen LogP contribution in [0.5, 0.6) is 0 Å². The molecule has 3 rings (SSSR count). The molecule has 0 N–H and O–H groups in total. The number of aryl methyl sites for hydroxylation is 2. The molecule has 6 nitrogen and oxygen atoms in total. The van der Waals surface area contributed by atoms with Crippen molar-refractivity contribution in [1.29, 1.82) is 0 Å². The van der Waals surface area contributed by atoms with E-state index in [9.17, 15) is 4.79 Å². The van der Waals surface area contributed by atoms with Crippen molar-refractivity contribution >= 4 is 29.2 Å². The van der Waals surface area contributed by atoms with Crippen molar-refractivity contribution in [3.63, 3.8) is 0 Å². The summed E-state index contributed by atoms with van der Waals surface area (Å²) in [7, 11) is 3.36. The van der Waals surface area contributed by atoms with Crippen LogP contribution in [0.3, 0.4) is 0 Å². The molecule has 1 aromatic carbocycles. The zero-order valence-corrected chi connectivity index (χ0v) is 16.3. The molecule has 138 valence electrons. The van der Waals surface area contributed by atoms with Crippen LogP contribution in [0.15, 0.2) is 34.7 Å². The quantitative estimate of drug-likeness (QED) is 0.483. The first-order valence-electron chi connectivity index (χ1n) is 8.50. The lowest BCUT2D eigenvalue weighted by molar-refractivity contribution is 0.0599. The molecule has 0 saturated carbocycles. The van der Waals surface area contributed by atoms with Crippen molar-refractivity contribution in [3.05, 3.63) is 52.2 Å². The number of fused-ring (bicyclic) bond motifs is 1. The van der Waals surface area contributed by atoms with E-state index in [0.717, 1.165) is 28.1 Å². The van der Waals surface area contributed by atoms with Crippen molar-refractivity contribution < 1.29 is 13.9 Å². The van der Waals surface area contributed by atoms with E-state index in [1.165, 1.54) is 7.11 Å². The molecule has 0 saturated heterocycles. The molecule has 26 heavy (non-hydrogen) atoms. The summed E-state index contributed by atoms with van der Waals surface area (Å²) >= 11 is 5.66. The summed E-state index contributed by atoms with van der Waals surface area (Å²) in [5.74, 6) is 0.906. The monoisotopic (exact) mass is 373 g/mol. The lowest BCUT2D eigenvalue weighted by Crippen LogP contribution is -2.21. The topological polar surface area (TPSA) is 52.5 Å². The summed E-state index contributed by atoms with van der Waals surface area (Å²) in [5, 5.41) is 0. The van der Waals surface area contributed by atoms with Crippen molar-refractivity contribution in [3.8, 4) is 0 Å². The number of carbonyl (C=O) groups is 1. The van der Waals surface area contributed by atoms with Crippen LogP contribution in [-0.2, 0) is 24.5 Å². The number of esters is 1. The van der Waals surface area contributed by atoms with Gasteiger partial charge in [-0.1, -0.05) is 12.1 Å². The number of methoxy groups -OCH3 is 1. The van der Waals surface area contributed by atoms with Crippen LogP contribution in [0, 0.1) is 11.7 Å². The Hall–Kier alpha value is -2.38. The largest absolute Gasteiger partial charge is 0.465 e. The maximum Gasteiger partial charge on any atom is 0.341 e. The fourth-order valence-corrected chi connectivity index (χ4v) is 3.59. The van der Waals surface area contributed by atoms with E-state index in [4.69, 9.17) is 21.4 Å². The van der Waals surface area contributed by atoms with Gasteiger partial charge < -0.3 is 18.3 Å². The lowest BCUT2D eigenvalue weighted by atomic mass is 10.2. The fraction of sp³-hybridized carbons (Fsp3) is 0.368. The number of furan rings is 1. The van der Waals surface area contributed by atoms with Gasteiger partial charge in [0.15, 0.2) is 4.77 Å². The second kappa shape index (κ2) is 7.47. The highest BCUT2D eigenvalue weighted by atomic mass is 32.1. The van der Waals surface area contributed by atoms with Crippen LogP contribution in [0.25, 0.3) is 11.0 Å². The van der Waals surface area contributed by atoms with Crippen LogP contribution in [-0.4, -0.2) is 34.2 Å². The molecule has 7 heteroatoms. The Kier molecular flexibility index (Phi) is 5.29. The highest BCUT2D eigenvalue weighted by Crippen LogP contribution is 2.20. The van der Waals surface area contributed by atoms with Crippen LogP contribution in [0.4, 0.5) is 0 Å². The number of imidazole rings is 1. The molecule has 0 atom stereocenters. The molecule has 0 bridgehead atoms. The lowest BCUT2D eigenvalue weighted by Gasteiger charge is -2.16. The van der Waals surface area contributed by atoms with Crippen molar-refractivity contribution in [2.24, 2.45) is 0 Å². The number of para-hydroxylation sites is 2. The summed E-state index contributed by atoms with van der Waals surface area (Å²) in [4.78, 5) is 13.8. The minimum absolute atomic E-state index is 0.381. The SMILES string of the molecule is CCn1c(=S)n(CN(C)Cc2cc(C(=O)OC)c(C)o2)c2ccccc21. The summed E-state index contributed by atoms with van der Waals surface area (Å²) in [6.45, 7) is 5.87. The Morgan fingerprint density at radius 1 is 1.27 bits per heavy atom. The highest BCUT2D eigenvalue weighted by Gasteiger charge is 2.17. The van der Waals surface area contributed by atoms with Gasteiger partial charge in [-0.15, -0.1) is 0 Å². The predicted octanol–water partition coefficient (Wildman–Crippen LogP) is 3.97. The third-order valence-electron chi connectivity index (χ3n) is 4.42. The average Bonchev–Trinajstić information content (AvgIpc) is 3.12. The molecule has 0 aliphatic carbocycles. The number of hydrogen-bond donors (Lipinski definition) is 0. The second-order valence-corrected chi connectivity index (χ2v) is 6.64. The first kappa shape index (κ1) is 18.4. The van der Waals surface area contributed by atoms with E-state index >= 15 is 0 Å². The number of carbonyl (C=O) groups excluding carboxylic acids is 1. The first-order chi connectivity index (χ1) is 12.5. The molecular weight excluding hydrogens is 350 g/mol. The normalized spacial score (nSPS) is 11.4. The van der Waals surface area contributed by atoms with E-state index in [2.05, 4.69) is 33.1 Å². The van der Waals surface area contributed by atoms with Gasteiger partial charge in [0.2, 0.25) is 0 Å². The van der Waals surface area contributed by atoms with E-state index in [1.54, 1.807) is 13.0 Å². The van der Waals surface area contributed by atoms with E-state index in [1.807, 2.05) is 19.2 Å². The minimum Gasteiger partial charge on any atom is -0.465 e.